The fourth-order valence-electron chi connectivity index (χ4n) is 1.63. The van der Waals surface area contributed by atoms with Crippen LogP contribution in [0, 0.1) is 0 Å². The number of ether oxygens (including phenoxy) is 1. The molecule has 0 aliphatic rings. The molecule has 6 heteroatoms. The Hall–Kier alpha value is -1.95. The lowest BCUT2D eigenvalue weighted by atomic mass is 10.3. The Morgan fingerprint density at radius 3 is 2.83 bits per heavy atom. The number of nitrogens with zero attached hydrogens (tertiary/aromatic N) is 2. The Balaban J connectivity index is 2.52. The molecular weight excluding hydrogens is 250 g/mol. The summed E-state index contributed by atoms with van der Waals surface area (Å²) in [6, 6.07) is 7.76. The Labute approximate surface area is 109 Å². The van der Waals surface area contributed by atoms with Crippen LogP contribution in [0.2, 0.25) is 0 Å². The number of esters is 1. The van der Waals surface area contributed by atoms with Crippen LogP contribution in [0.1, 0.15) is 10.5 Å². The van der Waals surface area contributed by atoms with Gasteiger partial charge in [-0.15, -0.1) is 11.8 Å². The first kappa shape index (κ1) is 12.5. The van der Waals surface area contributed by atoms with E-state index in [9.17, 15) is 4.79 Å². The zero-order chi connectivity index (χ0) is 13.1. The van der Waals surface area contributed by atoms with E-state index in [0.29, 0.717) is 0 Å². The van der Waals surface area contributed by atoms with Gasteiger partial charge in [-0.25, -0.2) is 9.78 Å². The molecule has 0 bridgehead atoms. The van der Waals surface area contributed by atoms with Crippen LogP contribution in [0.15, 0.2) is 35.5 Å². The quantitative estimate of drug-likeness (QED) is 0.677. The molecule has 0 aliphatic carbocycles. The summed E-state index contributed by atoms with van der Waals surface area (Å²) in [6.07, 6.45) is 3.50. The molecule has 0 unspecified atom stereocenters. The SMILES string of the molecule is COC(=O)c1ncn(-c2ccccc2SC)c1N. The molecule has 1 aromatic carbocycles. The molecule has 1 aromatic heterocycles. The molecule has 0 amide bonds. The maximum Gasteiger partial charge on any atom is 0.360 e. The number of benzene rings is 1. The first-order chi connectivity index (χ1) is 8.69. The largest absolute Gasteiger partial charge is 0.464 e. The van der Waals surface area contributed by atoms with Crippen molar-refractivity contribution >= 4 is 23.5 Å². The number of imidazole rings is 1. The molecule has 0 atom stereocenters. The molecule has 18 heavy (non-hydrogen) atoms. The van der Waals surface area contributed by atoms with Crippen LogP contribution in [-0.2, 0) is 4.74 Å². The molecule has 5 nitrogen and oxygen atoms in total. The van der Waals surface area contributed by atoms with E-state index in [1.54, 1.807) is 16.3 Å². The summed E-state index contributed by atoms with van der Waals surface area (Å²) in [6.45, 7) is 0. The third-order valence-electron chi connectivity index (χ3n) is 2.53. The number of hydrogen-bond acceptors (Lipinski definition) is 5. The van der Waals surface area contributed by atoms with Crippen molar-refractivity contribution in [3.8, 4) is 5.69 Å². The van der Waals surface area contributed by atoms with E-state index < -0.39 is 5.97 Å². The molecule has 2 N–H and O–H groups in total. The van der Waals surface area contributed by atoms with E-state index in [2.05, 4.69) is 9.72 Å². The number of nitrogen functional groups attached to an aromatic ring is 1. The number of rotatable bonds is 3. The normalized spacial score (nSPS) is 10.3. The third kappa shape index (κ3) is 2.06. The molecule has 0 spiro atoms. The van der Waals surface area contributed by atoms with Crippen LogP contribution < -0.4 is 5.73 Å². The monoisotopic (exact) mass is 263 g/mol. The van der Waals surface area contributed by atoms with Crippen molar-refractivity contribution < 1.29 is 9.53 Å². The van der Waals surface area contributed by atoms with Crippen molar-refractivity contribution in [2.45, 2.75) is 4.90 Å². The van der Waals surface area contributed by atoms with Gasteiger partial charge in [0.2, 0.25) is 0 Å². The van der Waals surface area contributed by atoms with Gasteiger partial charge in [0.25, 0.3) is 0 Å². The fourth-order valence-corrected chi connectivity index (χ4v) is 2.22. The molecule has 0 saturated carbocycles. The van der Waals surface area contributed by atoms with Gasteiger partial charge in [-0.3, -0.25) is 4.57 Å². The van der Waals surface area contributed by atoms with Gasteiger partial charge in [-0.1, -0.05) is 12.1 Å². The van der Waals surface area contributed by atoms with E-state index >= 15 is 0 Å². The van der Waals surface area contributed by atoms with Crippen molar-refractivity contribution in [2.24, 2.45) is 0 Å². The third-order valence-corrected chi connectivity index (χ3v) is 3.31. The van der Waals surface area contributed by atoms with Gasteiger partial charge >= 0.3 is 5.97 Å². The number of para-hydroxylation sites is 1. The van der Waals surface area contributed by atoms with E-state index in [1.165, 1.54) is 13.4 Å². The number of carbonyl (C=O) groups is 1. The van der Waals surface area contributed by atoms with Crippen LogP contribution in [0.4, 0.5) is 5.82 Å². The highest BCUT2D eigenvalue weighted by Gasteiger charge is 2.17. The minimum atomic E-state index is -0.534. The van der Waals surface area contributed by atoms with E-state index in [-0.39, 0.29) is 11.5 Å². The van der Waals surface area contributed by atoms with Crippen LogP contribution in [-0.4, -0.2) is 28.9 Å². The predicted octanol–water partition coefficient (Wildman–Crippen LogP) is 1.96. The van der Waals surface area contributed by atoms with E-state index in [1.807, 2.05) is 30.5 Å². The average molecular weight is 263 g/mol. The summed E-state index contributed by atoms with van der Waals surface area (Å²) in [7, 11) is 1.30. The second kappa shape index (κ2) is 5.14. The topological polar surface area (TPSA) is 70.1 Å². The summed E-state index contributed by atoms with van der Waals surface area (Å²) < 4.78 is 6.30. The maximum absolute atomic E-state index is 11.5. The summed E-state index contributed by atoms with van der Waals surface area (Å²) in [5.74, 6) is -0.253. The van der Waals surface area contributed by atoms with Crippen molar-refractivity contribution in [2.75, 3.05) is 19.1 Å². The van der Waals surface area contributed by atoms with Gasteiger partial charge < -0.3 is 10.5 Å². The lowest BCUT2D eigenvalue weighted by molar-refractivity contribution is 0.0596. The van der Waals surface area contributed by atoms with Gasteiger partial charge in [0.15, 0.2) is 5.69 Å². The lowest BCUT2D eigenvalue weighted by Crippen LogP contribution is -2.07. The second-order valence-electron chi connectivity index (χ2n) is 3.51. The summed E-state index contributed by atoms with van der Waals surface area (Å²) >= 11 is 1.60. The highest BCUT2D eigenvalue weighted by molar-refractivity contribution is 7.98. The zero-order valence-electron chi connectivity index (χ0n) is 10.1. The maximum atomic E-state index is 11.5. The molecule has 0 fully saturated rings. The van der Waals surface area contributed by atoms with E-state index in [4.69, 9.17) is 5.73 Å². The van der Waals surface area contributed by atoms with Crippen LogP contribution in [0.3, 0.4) is 0 Å². The molecule has 0 aliphatic heterocycles. The summed E-state index contributed by atoms with van der Waals surface area (Å²) in [5.41, 5.74) is 6.95. The Morgan fingerprint density at radius 2 is 2.17 bits per heavy atom. The minimum Gasteiger partial charge on any atom is -0.464 e. The van der Waals surface area contributed by atoms with Crippen LogP contribution >= 0.6 is 11.8 Å². The Bertz CT molecular complexity index is 580. The minimum absolute atomic E-state index is 0.133. The second-order valence-corrected chi connectivity index (χ2v) is 4.36. The number of carbonyl (C=O) groups excluding carboxylic acids is 1. The van der Waals surface area contributed by atoms with Gasteiger partial charge in [0.1, 0.15) is 12.1 Å². The first-order valence-electron chi connectivity index (χ1n) is 5.23. The highest BCUT2D eigenvalue weighted by Crippen LogP contribution is 2.26. The van der Waals surface area contributed by atoms with Gasteiger partial charge in [-0.05, 0) is 18.4 Å². The van der Waals surface area contributed by atoms with Gasteiger partial charge in [0.05, 0.1) is 12.8 Å². The number of hydrogen-bond donors (Lipinski definition) is 1. The zero-order valence-corrected chi connectivity index (χ0v) is 10.9. The number of methoxy groups -OCH3 is 1. The molecule has 2 rings (SSSR count). The molecule has 1 heterocycles. The fraction of sp³-hybridized carbons (Fsp3) is 0.167. The number of thioether (sulfide) groups is 1. The van der Waals surface area contributed by atoms with Crippen molar-refractivity contribution in [3.63, 3.8) is 0 Å². The molecule has 0 radical (unpaired) electrons. The Kier molecular flexibility index (Phi) is 3.57. The number of anilines is 1. The smallest absolute Gasteiger partial charge is 0.360 e. The van der Waals surface area contributed by atoms with Crippen LogP contribution in [0.5, 0.6) is 0 Å². The first-order valence-corrected chi connectivity index (χ1v) is 6.46. The molecular formula is C12H13N3O2S. The Morgan fingerprint density at radius 1 is 1.44 bits per heavy atom. The van der Waals surface area contributed by atoms with E-state index in [0.717, 1.165) is 10.6 Å². The van der Waals surface area contributed by atoms with Crippen molar-refractivity contribution in [1.29, 1.82) is 0 Å². The van der Waals surface area contributed by atoms with Crippen molar-refractivity contribution in [3.05, 3.63) is 36.3 Å². The van der Waals surface area contributed by atoms with Crippen LogP contribution in [0.25, 0.3) is 5.69 Å². The number of nitrogens with two attached hydrogens (primary N) is 1. The molecule has 94 valence electrons. The average Bonchev–Trinajstić information content (AvgIpc) is 2.79. The van der Waals surface area contributed by atoms with Gasteiger partial charge in [0, 0.05) is 4.90 Å². The molecule has 0 saturated heterocycles. The lowest BCUT2D eigenvalue weighted by Gasteiger charge is -2.09. The number of aromatic nitrogens is 2. The summed E-state index contributed by atoms with van der Waals surface area (Å²) in [4.78, 5) is 16.5. The van der Waals surface area contributed by atoms with Gasteiger partial charge in [-0.2, -0.15) is 0 Å². The predicted molar refractivity (Wildman–Crippen MR) is 71.1 cm³/mol. The van der Waals surface area contributed by atoms with Crippen molar-refractivity contribution in [1.82, 2.24) is 9.55 Å². The summed E-state index contributed by atoms with van der Waals surface area (Å²) in [5, 5.41) is 0. The standard InChI is InChI=1S/C12H13N3O2S/c1-17-12(16)10-11(13)15(7-14-10)8-5-3-4-6-9(8)18-2/h3-7H,13H2,1-2H3. The highest BCUT2D eigenvalue weighted by atomic mass is 32.2. The molecule has 2 aromatic rings.